The summed E-state index contributed by atoms with van der Waals surface area (Å²) in [6.07, 6.45) is 8.97. The molecule has 0 fully saturated rings. The average Bonchev–Trinajstić information content (AvgIpc) is 2.82. The van der Waals surface area contributed by atoms with E-state index in [2.05, 4.69) is 6.92 Å². The van der Waals surface area contributed by atoms with E-state index >= 15 is 0 Å². The van der Waals surface area contributed by atoms with E-state index in [0.717, 1.165) is 57.8 Å². The predicted octanol–water partition coefficient (Wildman–Crippen LogP) is 6.11. The Balaban J connectivity index is 6.14. The van der Waals surface area contributed by atoms with Crippen LogP contribution in [0, 0.1) is 5.41 Å². The Kier molecular flexibility index (Phi) is 18.1. The van der Waals surface area contributed by atoms with Crippen molar-refractivity contribution < 1.29 is 38.9 Å². The van der Waals surface area contributed by atoms with Gasteiger partial charge in [-0.05, 0) is 25.7 Å². The zero-order valence-electron chi connectivity index (χ0n) is 23.1. The molecule has 0 aromatic rings. The minimum Gasteiger partial charge on any atom is -0.481 e. The van der Waals surface area contributed by atoms with Gasteiger partial charge >= 0.3 is 23.9 Å². The molecule has 1 unspecified atom stereocenters. The van der Waals surface area contributed by atoms with Gasteiger partial charge in [0, 0.05) is 6.42 Å². The molecule has 0 rings (SSSR count). The number of esters is 3. The number of aliphatic hydroxyl groups is 1. The number of aliphatic carboxylic acids is 1. The van der Waals surface area contributed by atoms with E-state index in [0.29, 0.717) is 25.7 Å². The van der Waals surface area contributed by atoms with Crippen LogP contribution in [0.15, 0.2) is 0 Å². The third kappa shape index (κ3) is 11.4. The number of hydrogen-bond donors (Lipinski definition) is 2. The standard InChI is InChI=1S/C28H50O8/c1-5-9-12-15-19-27(25(31)32,20-16-13-10-6-2)28(34,26(33)36-23(29)18-8-4)22-24(30)35-21-17-14-11-7-3/h34H,5-22H2,1-4H3,(H,31,32). The average molecular weight is 515 g/mol. The van der Waals surface area contributed by atoms with Gasteiger partial charge in [-0.3, -0.25) is 14.4 Å². The fourth-order valence-corrected chi connectivity index (χ4v) is 4.49. The van der Waals surface area contributed by atoms with Crippen LogP contribution in [0.4, 0.5) is 0 Å². The van der Waals surface area contributed by atoms with Crippen molar-refractivity contribution in [1.29, 1.82) is 0 Å². The summed E-state index contributed by atoms with van der Waals surface area (Å²) < 4.78 is 10.2. The van der Waals surface area contributed by atoms with Crippen LogP contribution in [0.25, 0.3) is 0 Å². The van der Waals surface area contributed by atoms with Crippen molar-refractivity contribution >= 4 is 23.9 Å². The molecular formula is C28H50O8. The van der Waals surface area contributed by atoms with Crippen LogP contribution in [0.2, 0.25) is 0 Å². The van der Waals surface area contributed by atoms with Crippen LogP contribution < -0.4 is 0 Å². The summed E-state index contributed by atoms with van der Waals surface area (Å²) in [6, 6.07) is 0. The topological polar surface area (TPSA) is 127 Å². The van der Waals surface area contributed by atoms with Gasteiger partial charge in [0.1, 0.15) is 5.41 Å². The first-order valence-electron chi connectivity index (χ1n) is 14.0. The molecule has 0 amide bonds. The Labute approximate surface area is 217 Å². The van der Waals surface area contributed by atoms with Crippen molar-refractivity contribution in [1.82, 2.24) is 0 Å². The van der Waals surface area contributed by atoms with Crippen LogP contribution in [0.5, 0.6) is 0 Å². The summed E-state index contributed by atoms with van der Waals surface area (Å²) in [5, 5.41) is 22.2. The third-order valence-electron chi connectivity index (χ3n) is 6.77. The second-order valence-corrected chi connectivity index (χ2v) is 9.84. The highest BCUT2D eigenvalue weighted by Crippen LogP contribution is 2.45. The van der Waals surface area contributed by atoms with Gasteiger partial charge in [-0.1, -0.05) is 98.3 Å². The third-order valence-corrected chi connectivity index (χ3v) is 6.77. The van der Waals surface area contributed by atoms with Gasteiger partial charge in [0.2, 0.25) is 0 Å². The molecule has 8 heteroatoms. The lowest BCUT2D eigenvalue weighted by Gasteiger charge is -2.42. The van der Waals surface area contributed by atoms with Gasteiger partial charge in [-0.2, -0.15) is 0 Å². The molecule has 0 saturated heterocycles. The van der Waals surface area contributed by atoms with Crippen molar-refractivity contribution in [3.8, 4) is 0 Å². The maximum Gasteiger partial charge on any atom is 0.347 e. The van der Waals surface area contributed by atoms with Gasteiger partial charge in [-0.15, -0.1) is 0 Å². The van der Waals surface area contributed by atoms with Crippen molar-refractivity contribution in [2.24, 2.45) is 5.41 Å². The molecule has 0 aliphatic heterocycles. The largest absolute Gasteiger partial charge is 0.481 e. The van der Waals surface area contributed by atoms with Gasteiger partial charge in [0.05, 0.1) is 13.0 Å². The second kappa shape index (κ2) is 19.2. The Hall–Kier alpha value is -1.96. The monoisotopic (exact) mass is 514 g/mol. The highest BCUT2D eigenvalue weighted by atomic mass is 16.6. The number of ether oxygens (including phenoxy) is 2. The lowest BCUT2D eigenvalue weighted by atomic mass is 9.64. The van der Waals surface area contributed by atoms with E-state index in [4.69, 9.17) is 9.47 Å². The first kappa shape index (κ1) is 34.0. The maximum absolute atomic E-state index is 13.3. The second-order valence-electron chi connectivity index (χ2n) is 9.84. The number of carbonyl (C=O) groups is 4. The Bertz CT molecular complexity index is 648. The van der Waals surface area contributed by atoms with Gasteiger partial charge in [-0.25, -0.2) is 4.79 Å². The molecule has 0 aromatic carbocycles. The molecule has 8 nitrogen and oxygen atoms in total. The van der Waals surface area contributed by atoms with Crippen LogP contribution in [0.3, 0.4) is 0 Å². The molecule has 0 aliphatic carbocycles. The first-order valence-corrected chi connectivity index (χ1v) is 14.0. The van der Waals surface area contributed by atoms with E-state index in [9.17, 15) is 29.4 Å². The summed E-state index contributed by atoms with van der Waals surface area (Å²) in [5.74, 6) is -4.47. The molecule has 1 atom stereocenters. The van der Waals surface area contributed by atoms with Crippen LogP contribution in [0.1, 0.15) is 137 Å². The number of carboxylic acid groups (broad SMARTS) is 1. The summed E-state index contributed by atoms with van der Waals surface area (Å²) >= 11 is 0. The number of hydrogen-bond acceptors (Lipinski definition) is 7. The van der Waals surface area contributed by atoms with E-state index < -0.39 is 41.3 Å². The zero-order valence-corrected chi connectivity index (χ0v) is 23.1. The smallest absolute Gasteiger partial charge is 0.347 e. The summed E-state index contributed by atoms with van der Waals surface area (Å²) in [4.78, 5) is 51.0. The summed E-state index contributed by atoms with van der Waals surface area (Å²) in [7, 11) is 0. The van der Waals surface area contributed by atoms with Crippen molar-refractivity contribution in [3.05, 3.63) is 0 Å². The van der Waals surface area contributed by atoms with E-state index in [1.807, 2.05) is 13.8 Å². The minimum atomic E-state index is -2.72. The van der Waals surface area contributed by atoms with Crippen LogP contribution in [-0.4, -0.2) is 46.3 Å². The first-order chi connectivity index (χ1) is 17.1. The lowest BCUT2D eigenvalue weighted by Crippen LogP contribution is -2.60. The number of carboxylic acids is 1. The summed E-state index contributed by atoms with van der Waals surface area (Å²) in [5.41, 5.74) is -4.69. The molecule has 210 valence electrons. The predicted molar refractivity (Wildman–Crippen MR) is 138 cm³/mol. The molecular weight excluding hydrogens is 464 g/mol. The van der Waals surface area contributed by atoms with Crippen LogP contribution >= 0.6 is 0 Å². The minimum absolute atomic E-state index is 0.00813. The molecule has 0 spiro atoms. The fraction of sp³-hybridized carbons (Fsp3) is 0.857. The van der Waals surface area contributed by atoms with E-state index in [-0.39, 0.29) is 25.9 Å². The molecule has 36 heavy (non-hydrogen) atoms. The van der Waals surface area contributed by atoms with E-state index in [1.165, 1.54) is 0 Å². The number of rotatable bonds is 22. The van der Waals surface area contributed by atoms with Gasteiger partial charge < -0.3 is 19.7 Å². The molecule has 0 aliphatic rings. The summed E-state index contributed by atoms with van der Waals surface area (Å²) in [6.45, 7) is 7.96. The fourth-order valence-electron chi connectivity index (χ4n) is 4.49. The number of carbonyl (C=O) groups excluding carboxylic acids is 3. The van der Waals surface area contributed by atoms with Gasteiger partial charge in [0.25, 0.3) is 0 Å². The molecule has 0 saturated carbocycles. The Morgan fingerprint density at radius 2 is 1.17 bits per heavy atom. The van der Waals surface area contributed by atoms with Crippen molar-refractivity contribution in [2.45, 2.75) is 142 Å². The van der Waals surface area contributed by atoms with Gasteiger partial charge in [0.15, 0.2) is 5.60 Å². The maximum atomic E-state index is 13.3. The molecule has 0 radical (unpaired) electrons. The molecule has 0 bridgehead atoms. The Morgan fingerprint density at radius 1 is 0.667 bits per heavy atom. The zero-order chi connectivity index (χ0) is 27.5. The highest BCUT2D eigenvalue weighted by Gasteiger charge is 2.62. The molecule has 0 heterocycles. The molecule has 2 N–H and O–H groups in total. The number of unbranched alkanes of at least 4 members (excludes halogenated alkanes) is 9. The Morgan fingerprint density at radius 3 is 1.61 bits per heavy atom. The normalized spacial score (nSPS) is 13.1. The van der Waals surface area contributed by atoms with Crippen molar-refractivity contribution in [2.75, 3.05) is 6.61 Å². The highest BCUT2D eigenvalue weighted by molar-refractivity contribution is 5.97. The van der Waals surface area contributed by atoms with Crippen molar-refractivity contribution in [3.63, 3.8) is 0 Å². The SMILES string of the molecule is CCCCCCOC(=O)CC(O)(C(=O)OC(=O)CCC)C(CCCCCC)(CCCCCC)C(=O)O. The van der Waals surface area contributed by atoms with E-state index in [1.54, 1.807) is 6.92 Å². The quantitative estimate of drug-likeness (QED) is 0.101. The van der Waals surface area contributed by atoms with Crippen LogP contribution in [-0.2, 0) is 28.7 Å². The molecule has 0 aromatic heterocycles. The lowest BCUT2D eigenvalue weighted by molar-refractivity contribution is -0.202.